The zero-order valence-electron chi connectivity index (χ0n) is 13.0. The van der Waals surface area contributed by atoms with Crippen LogP contribution in [0.4, 0.5) is 0 Å². The summed E-state index contributed by atoms with van der Waals surface area (Å²) in [6.45, 7) is 4.20. The monoisotopic (exact) mass is 310 g/mol. The smallest absolute Gasteiger partial charge is 0.240 e. The van der Waals surface area contributed by atoms with Gasteiger partial charge in [0.1, 0.15) is 0 Å². The number of nitrogens with two attached hydrogens (primary N) is 1. The fourth-order valence-electron chi connectivity index (χ4n) is 2.93. The summed E-state index contributed by atoms with van der Waals surface area (Å²) in [5, 5.41) is 3.12. The summed E-state index contributed by atoms with van der Waals surface area (Å²) in [6.07, 6.45) is 4.94. The molecule has 2 atom stereocenters. The molecule has 118 valence electrons. The van der Waals surface area contributed by atoms with E-state index in [1.54, 1.807) is 0 Å². The van der Waals surface area contributed by atoms with Crippen LogP contribution in [0.2, 0.25) is 0 Å². The molecule has 1 aliphatic rings. The van der Waals surface area contributed by atoms with Gasteiger partial charge in [-0.05, 0) is 25.3 Å². The summed E-state index contributed by atoms with van der Waals surface area (Å²) in [5.74, 6) is 0.305. The van der Waals surface area contributed by atoms with Crippen molar-refractivity contribution in [3.63, 3.8) is 0 Å². The van der Waals surface area contributed by atoms with Crippen molar-refractivity contribution in [2.45, 2.75) is 63.5 Å². The molecule has 1 aromatic carbocycles. The molecule has 0 aliphatic heterocycles. The van der Waals surface area contributed by atoms with Gasteiger partial charge in [-0.2, -0.15) is 0 Å². The highest BCUT2D eigenvalue weighted by Crippen LogP contribution is 2.27. The lowest BCUT2D eigenvalue weighted by Gasteiger charge is -2.34. The second kappa shape index (κ2) is 7.81. The van der Waals surface area contributed by atoms with E-state index in [9.17, 15) is 4.79 Å². The number of carbonyl (C=O) groups excluding carboxylic acids is 1. The van der Waals surface area contributed by atoms with E-state index in [2.05, 4.69) is 31.3 Å². The van der Waals surface area contributed by atoms with Gasteiger partial charge in [0.05, 0.1) is 5.54 Å². The molecule has 4 heteroatoms. The van der Waals surface area contributed by atoms with E-state index in [0.29, 0.717) is 0 Å². The third kappa shape index (κ3) is 4.45. The Morgan fingerprint density at radius 2 is 1.71 bits per heavy atom. The standard InChI is InChI=1S/C17H26N2O.ClH/c1-13(15-9-5-3-6-10-15)14(2)19-16(20)17(18)11-7-4-8-12-17;/h3,5-6,9-10,13-14H,4,7-8,11-12,18H2,1-2H3,(H,19,20);1H. The van der Waals surface area contributed by atoms with E-state index in [1.165, 1.54) is 12.0 Å². The summed E-state index contributed by atoms with van der Waals surface area (Å²) in [5.41, 5.74) is 6.87. The summed E-state index contributed by atoms with van der Waals surface area (Å²) in [7, 11) is 0. The van der Waals surface area contributed by atoms with Crippen LogP contribution in [0.3, 0.4) is 0 Å². The summed E-state index contributed by atoms with van der Waals surface area (Å²) in [4.78, 5) is 12.4. The second-order valence-corrected chi connectivity index (χ2v) is 6.18. The molecule has 2 rings (SSSR count). The summed E-state index contributed by atoms with van der Waals surface area (Å²) < 4.78 is 0. The molecule has 2 unspecified atom stereocenters. The average Bonchev–Trinajstić information content (AvgIpc) is 2.48. The van der Waals surface area contributed by atoms with Crippen molar-refractivity contribution in [2.24, 2.45) is 5.73 Å². The first-order chi connectivity index (χ1) is 9.53. The normalized spacial score (nSPS) is 20.0. The Morgan fingerprint density at radius 1 is 1.14 bits per heavy atom. The van der Waals surface area contributed by atoms with Gasteiger partial charge in [-0.25, -0.2) is 0 Å². The molecule has 3 N–H and O–H groups in total. The van der Waals surface area contributed by atoms with Crippen molar-refractivity contribution in [3.05, 3.63) is 35.9 Å². The molecule has 0 heterocycles. The molecule has 0 spiro atoms. The number of benzene rings is 1. The molecule has 1 saturated carbocycles. The van der Waals surface area contributed by atoms with Gasteiger partial charge in [0.25, 0.3) is 0 Å². The lowest BCUT2D eigenvalue weighted by atomic mass is 9.81. The van der Waals surface area contributed by atoms with Gasteiger partial charge in [0.2, 0.25) is 5.91 Å². The molecule has 1 aliphatic carbocycles. The first-order valence-electron chi connectivity index (χ1n) is 7.68. The Balaban J connectivity index is 0.00000220. The maximum absolute atomic E-state index is 12.4. The summed E-state index contributed by atoms with van der Waals surface area (Å²) in [6, 6.07) is 10.4. The Bertz CT molecular complexity index is 443. The van der Waals surface area contributed by atoms with Crippen molar-refractivity contribution in [1.29, 1.82) is 0 Å². The molecule has 1 amide bonds. The van der Waals surface area contributed by atoms with E-state index in [-0.39, 0.29) is 30.3 Å². The van der Waals surface area contributed by atoms with Gasteiger partial charge in [-0.15, -0.1) is 12.4 Å². The minimum atomic E-state index is -0.650. The SMILES string of the molecule is CC(NC(=O)C1(N)CCCCC1)C(C)c1ccccc1.Cl. The maximum Gasteiger partial charge on any atom is 0.240 e. The molecule has 1 aromatic rings. The molecule has 0 aromatic heterocycles. The van der Waals surface area contributed by atoms with Gasteiger partial charge in [-0.3, -0.25) is 4.79 Å². The number of halogens is 1. The topological polar surface area (TPSA) is 55.1 Å². The molecular formula is C17H27ClN2O. The number of nitrogens with one attached hydrogen (secondary N) is 1. The predicted molar refractivity (Wildman–Crippen MR) is 89.7 cm³/mol. The van der Waals surface area contributed by atoms with E-state index in [4.69, 9.17) is 5.73 Å². The van der Waals surface area contributed by atoms with Crippen LogP contribution in [0.25, 0.3) is 0 Å². The highest BCUT2D eigenvalue weighted by atomic mass is 35.5. The van der Waals surface area contributed by atoms with Gasteiger partial charge in [0.15, 0.2) is 0 Å². The minimum absolute atomic E-state index is 0. The molecule has 0 bridgehead atoms. The molecule has 3 nitrogen and oxygen atoms in total. The van der Waals surface area contributed by atoms with Crippen molar-refractivity contribution in [1.82, 2.24) is 5.32 Å². The Kier molecular flexibility index (Phi) is 6.69. The lowest BCUT2D eigenvalue weighted by Crippen LogP contribution is -2.57. The number of amides is 1. The van der Waals surface area contributed by atoms with Crippen LogP contribution in [-0.4, -0.2) is 17.5 Å². The van der Waals surface area contributed by atoms with E-state index in [0.717, 1.165) is 25.7 Å². The van der Waals surface area contributed by atoms with Crippen LogP contribution in [-0.2, 0) is 4.79 Å². The third-order valence-electron chi connectivity index (χ3n) is 4.63. The molecule has 0 saturated heterocycles. The first kappa shape index (κ1) is 18.0. The zero-order chi connectivity index (χ0) is 14.6. The number of hydrogen-bond acceptors (Lipinski definition) is 2. The van der Waals surface area contributed by atoms with Crippen LogP contribution in [0.15, 0.2) is 30.3 Å². The minimum Gasteiger partial charge on any atom is -0.351 e. The van der Waals surface area contributed by atoms with E-state index < -0.39 is 5.54 Å². The predicted octanol–water partition coefficient (Wildman–Crippen LogP) is 3.38. The Labute approximate surface area is 134 Å². The quantitative estimate of drug-likeness (QED) is 0.895. The van der Waals surface area contributed by atoms with Gasteiger partial charge in [-0.1, -0.05) is 56.5 Å². The van der Waals surface area contributed by atoms with Gasteiger partial charge < -0.3 is 11.1 Å². The first-order valence-corrected chi connectivity index (χ1v) is 7.68. The Morgan fingerprint density at radius 3 is 2.29 bits per heavy atom. The highest BCUT2D eigenvalue weighted by Gasteiger charge is 2.36. The number of rotatable bonds is 4. The van der Waals surface area contributed by atoms with E-state index >= 15 is 0 Å². The fourth-order valence-corrected chi connectivity index (χ4v) is 2.93. The molecule has 0 radical (unpaired) electrons. The van der Waals surface area contributed by atoms with Crippen molar-refractivity contribution < 1.29 is 4.79 Å². The van der Waals surface area contributed by atoms with Crippen LogP contribution < -0.4 is 11.1 Å². The van der Waals surface area contributed by atoms with Gasteiger partial charge in [0, 0.05) is 12.0 Å². The van der Waals surface area contributed by atoms with Crippen molar-refractivity contribution >= 4 is 18.3 Å². The van der Waals surface area contributed by atoms with E-state index in [1.807, 2.05) is 18.2 Å². The molecule has 1 fully saturated rings. The van der Waals surface area contributed by atoms with Crippen LogP contribution in [0.5, 0.6) is 0 Å². The second-order valence-electron chi connectivity index (χ2n) is 6.18. The fraction of sp³-hybridized carbons (Fsp3) is 0.588. The number of carbonyl (C=O) groups is 1. The largest absolute Gasteiger partial charge is 0.351 e. The van der Waals surface area contributed by atoms with Crippen LogP contribution in [0, 0.1) is 0 Å². The number of hydrogen-bond donors (Lipinski definition) is 2. The van der Waals surface area contributed by atoms with Crippen LogP contribution in [0.1, 0.15) is 57.4 Å². The average molecular weight is 311 g/mol. The van der Waals surface area contributed by atoms with Gasteiger partial charge >= 0.3 is 0 Å². The van der Waals surface area contributed by atoms with Crippen LogP contribution >= 0.6 is 12.4 Å². The summed E-state index contributed by atoms with van der Waals surface area (Å²) >= 11 is 0. The lowest BCUT2D eigenvalue weighted by molar-refractivity contribution is -0.128. The highest BCUT2D eigenvalue weighted by molar-refractivity contribution is 5.86. The maximum atomic E-state index is 12.4. The third-order valence-corrected chi connectivity index (χ3v) is 4.63. The van der Waals surface area contributed by atoms with Crippen molar-refractivity contribution in [3.8, 4) is 0 Å². The molecular weight excluding hydrogens is 284 g/mol. The molecule has 21 heavy (non-hydrogen) atoms. The zero-order valence-corrected chi connectivity index (χ0v) is 13.8. The Hall–Kier alpha value is -1.06. The van der Waals surface area contributed by atoms with Crippen molar-refractivity contribution in [2.75, 3.05) is 0 Å².